The highest BCUT2D eigenvalue weighted by Gasteiger charge is 2.28. The fourth-order valence-electron chi connectivity index (χ4n) is 2.70. The number of carbonyl (C=O) groups excluding carboxylic acids is 1. The molecule has 0 aromatic heterocycles. The fourth-order valence-corrected chi connectivity index (χ4v) is 4.88. The van der Waals surface area contributed by atoms with Crippen molar-refractivity contribution in [1.29, 1.82) is 0 Å². The molecule has 0 radical (unpaired) electrons. The van der Waals surface area contributed by atoms with Crippen molar-refractivity contribution in [3.63, 3.8) is 0 Å². The molecule has 26 heavy (non-hydrogen) atoms. The Kier molecular flexibility index (Phi) is 5.67. The summed E-state index contributed by atoms with van der Waals surface area (Å²) in [5.41, 5.74) is 0.378. The molecule has 1 fully saturated rings. The Bertz CT molecular complexity index is 962. The lowest BCUT2D eigenvalue weighted by molar-refractivity contribution is 0.102. The van der Waals surface area contributed by atoms with Gasteiger partial charge in [0.1, 0.15) is 5.82 Å². The second-order valence-electron chi connectivity index (χ2n) is 5.83. The molecule has 2 aromatic carbocycles. The van der Waals surface area contributed by atoms with E-state index in [2.05, 4.69) is 21.2 Å². The third-order valence-corrected chi connectivity index (χ3v) is 6.96. The van der Waals surface area contributed by atoms with Crippen molar-refractivity contribution >= 4 is 49.1 Å². The van der Waals surface area contributed by atoms with E-state index in [-0.39, 0.29) is 21.2 Å². The fraction of sp³-hybridized carbons (Fsp3) is 0.235. The molecule has 138 valence electrons. The van der Waals surface area contributed by atoms with Crippen molar-refractivity contribution in [3.8, 4) is 0 Å². The molecular weight excluding hydrogens is 447 g/mol. The molecule has 5 nitrogen and oxygen atoms in total. The van der Waals surface area contributed by atoms with Gasteiger partial charge in [-0.15, -0.1) is 0 Å². The molecule has 1 amide bonds. The molecule has 3 rings (SSSR count). The zero-order valence-corrected chi connectivity index (χ0v) is 16.7. The SMILES string of the molecule is O=C(Nc1ccc(F)cc1Cl)c1cc(S(=O)(=O)N2CCCC2)ccc1Br. The Morgan fingerprint density at radius 1 is 1.15 bits per heavy atom. The van der Waals surface area contributed by atoms with E-state index >= 15 is 0 Å². The van der Waals surface area contributed by atoms with Crippen LogP contribution in [0.25, 0.3) is 0 Å². The first-order chi connectivity index (χ1) is 12.3. The summed E-state index contributed by atoms with van der Waals surface area (Å²) >= 11 is 9.18. The Balaban J connectivity index is 1.91. The van der Waals surface area contributed by atoms with Crippen LogP contribution < -0.4 is 5.32 Å². The van der Waals surface area contributed by atoms with E-state index in [1.807, 2.05) is 0 Å². The molecule has 0 unspecified atom stereocenters. The number of benzene rings is 2. The van der Waals surface area contributed by atoms with Gasteiger partial charge in [-0.3, -0.25) is 4.79 Å². The third-order valence-electron chi connectivity index (χ3n) is 4.06. The predicted molar refractivity (Wildman–Crippen MR) is 101 cm³/mol. The molecule has 0 spiro atoms. The van der Waals surface area contributed by atoms with Crippen molar-refractivity contribution in [2.45, 2.75) is 17.7 Å². The van der Waals surface area contributed by atoms with Crippen molar-refractivity contribution < 1.29 is 17.6 Å². The number of carbonyl (C=O) groups is 1. The minimum atomic E-state index is -3.64. The highest BCUT2D eigenvalue weighted by molar-refractivity contribution is 9.10. The first-order valence-electron chi connectivity index (χ1n) is 7.85. The maximum Gasteiger partial charge on any atom is 0.256 e. The molecule has 9 heteroatoms. The van der Waals surface area contributed by atoms with Crippen LogP contribution in [0, 0.1) is 5.82 Å². The number of anilines is 1. The molecule has 2 aromatic rings. The average Bonchev–Trinajstić information content (AvgIpc) is 3.13. The number of halogens is 3. The molecule has 1 aliphatic rings. The van der Waals surface area contributed by atoms with Gasteiger partial charge >= 0.3 is 0 Å². The van der Waals surface area contributed by atoms with Crippen molar-refractivity contribution in [2.75, 3.05) is 18.4 Å². The van der Waals surface area contributed by atoms with E-state index in [1.165, 1.54) is 34.6 Å². The monoisotopic (exact) mass is 460 g/mol. The first-order valence-corrected chi connectivity index (χ1v) is 10.5. The van der Waals surface area contributed by atoms with Crippen molar-refractivity contribution in [1.82, 2.24) is 4.31 Å². The molecule has 1 saturated heterocycles. The summed E-state index contributed by atoms with van der Waals surface area (Å²) in [7, 11) is -3.64. The van der Waals surface area contributed by atoms with Gasteiger partial charge in [0.15, 0.2) is 0 Å². The number of nitrogens with zero attached hydrogens (tertiary/aromatic N) is 1. The van der Waals surface area contributed by atoms with Gasteiger partial charge in [-0.25, -0.2) is 12.8 Å². The Labute approximate surface area is 164 Å². The van der Waals surface area contributed by atoms with Gasteiger partial charge in [-0.05, 0) is 65.2 Å². The second-order valence-corrected chi connectivity index (χ2v) is 9.03. The second kappa shape index (κ2) is 7.64. The molecule has 1 aliphatic heterocycles. The van der Waals surface area contributed by atoms with Gasteiger partial charge in [0, 0.05) is 17.6 Å². The van der Waals surface area contributed by atoms with E-state index in [0.29, 0.717) is 17.6 Å². The molecule has 0 aliphatic carbocycles. The quantitative estimate of drug-likeness (QED) is 0.739. The molecule has 0 atom stereocenters. The normalized spacial score (nSPS) is 15.2. The van der Waals surface area contributed by atoms with E-state index in [9.17, 15) is 17.6 Å². The van der Waals surface area contributed by atoms with E-state index < -0.39 is 21.7 Å². The summed E-state index contributed by atoms with van der Waals surface area (Å²) in [5, 5.41) is 2.62. The van der Waals surface area contributed by atoms with Crippen LogP contribution in [0.15, 0.2) is 45.8 Å². The van der Waals surface area contributed by atoms with Gasteiger partial charge in [0.25, 0.3) is 5.91 Å². The third kappa shape index (κ3) is 3.93. The zero-order chi connectivity index (χ0) is 18.9. The highest BCUT2D eigenvalue weighted by Crippen LogP contribution is 2.28. The van der Waals surface area contributed by atoms with E-state index in [4.69, 9.17) is 11.6 Å². The standard InChI is InChI=1S/C17H15BrClFN2O3S/c18-14-5-4-12(26(24,25)22-7-1-2-8-22)10-13(14)17(23)21-16-6-3-11(20)9-15(16)19/h3-6,9-10H,1-2,7-8H2,(H,21,23). The van der Waals surface area contributed by atoms with Crippen LogP contribution in [0.4, 0.5) is 10.1 Å². The van der Waals surface area contributed by atoms with Crippen LogP contribution in [-0.2, 0) is 10.0 Å². The number of sulfonamides is 1. The van der Waals surface area contributed by atoms with Gasteiger partial charge < -0.3 is 5.32 Å². The van der Waals surface area contributed by atoms with Gasteiger partial charge in [0.2, 0.25) is 10.0 Å². The van der Waals surface area contributed by atoms with Crippen LogP contribution in [-0.4, -0.2) is 31.7 Å². The summed E-state index contributed by atoms with van der Waals surface area (Å²) < 4.78 is 40.4. The first kappa shape index (κ1) is 19.3. The molecule has 0 saturated carbocycles. The molecule has 1 heterocycles. The van der Waals surface area contributed by atoms with Gasteiger partial charge in [0.05, 0.1) is 21.2 Å². The van der Waals surface area contributed by atoms with Crippen LogP contribution in [0.5, 0.6) is 0 Å². The summed E-state index contributed by atoms with van der Waals surface area (Å²) in [6.07, 6.45) is 1.65. The lowest BCUT2D eigenvalue weighted by atomic mass is 10.2. The minimum absolute atomic E-state index is 0.0512. The Hall–Kier alpha value is -1.48. The summed E-state index contributed by atoms with van der Waals surface area (Å²) in [5.74, 6) is -1.07. The average molecular weight is 462 g/mol. The predicted octanol–water partition coefficient (Wildman–Crippen LogP) is 4.28. The van der Waals surface area contributed by atoms with Crippen LogP contribution in [0.3, 0.4) is 0 Å². The van der Waals surface area contributed by atoms with Gasteiger partial charge in [-0.1, -0.05) is 11.6 Å². The Morgan fingerprint density at radius 3 is 2.50 bits per heavy atom. The number of hydrogen-bond donors (Lipinski definition) is 1. The number of nitrogens with one attached hydrogen (secondary N) is 1. The zero-order valence-electron chi connectivity index (χ0n) is 13.5. The van der Waals surface area contributed by atoms with Crippen molar-refractivity contribution in [2.24, 2.45) is 0 Å². The summed E-state index contributed by atoms with van der Waals surface area (Å²) in [6.45, 7) is 0.955. The van der Waals surface area contributed by atoms with Crippen LogP contribution in [0.2, 0.25) is 5.02 Å². The largest absolute Gasteiger partial charge is 0.321 e. The van der Waals surface area contributed by atoms with Crippen molar-refractivity contribution in [3.05, 3.63) is 57.3 Å². The lowest BCUT2D eigenvalue weighted by Crippen LogP contribution is -2.28. The molecule has 0 bridgehead atoms. The number of hydrogen-bond acceptors (Lipinski definition) is 3. The Morgan fingerprint density at radius 2 is 1.85 bits per heavy atom. The molecule has 1 N–H and O–H groups in total. The lowest BCUT2D eigenvalue weighted by Gasteiger charge is -2.16. The topological polar surface area (TPSA) is 66.5 Å². The maximum absolute atomic E-state index is 13.1. The minimum Gasteiger partial charge on any atom is -0.321 e. The number of amides is 1. The molecular formula is C17H15BrClFN2O3S. The van der Waals surface area contributed by atoms with Gasteiger partial charge in [-0.2, -0.15) is 4.31 Å². The summed E-state index contributed by atoms with van der Waals surface area (Å²) in [4.78, 5) is 12.6. The van der Waals surface area contributed by atoms with E-state index in [0.717, 1.165) is 18.9 Å². The number of rotatable bonds is 4. The van der Waals surface area contributed by atoms with E-state index in [1.54, 1.807) is 0 Å². The maximum atomic E-state index is 13.1. The van der Waals surface area contributed by atoms with Crippen LogP contribution in [0.1, 0.15) is 23.2 Å². The smallest absolute Gasteiger partial charge is 0.256 e. The van der Waals surface area contributed by atoms with Crippen LogP contribution >= 0.6 is 27.5 Å². The highest BCUT2D eigenvalue weighted by atomic mass is 79.9. The summed E-state index contributed by atoms with van der Waals surface area (Å²) in [6, 6.07) is 7.90.